The van der Waals surface area contributed by atoms with Gasteiger partial charge in [0.1, 0.15) is 5.82 Å². The van der Waals surface area contributed by atoms with E-state index < -0.39 is 18.0 Å². The van der Waals surface area contributed by atoms with Gasteiger partial charge in [0.05, 0.1) is 12.2 Å². The van der Waals surface area contributed by atoms with Crippen molar-refractivity contribution >= 4 is 0 Å². The highest BCUT2D eigenvalue weighted by Gasteiger charge is 2.20. The molecule has 5 nitrogen and oxygen atoms in total. The number of aliphatic hydroxyl groups excluding tert-OH is 2. The molecule has 2 unspecified atom stereocenters. The summed E-state index contributed by atoms with van der Waals surface area (Å²) in [5.41, 5.74) is 0.299. The van der Waals surface area contributed by atoms with Crippen molar-refractivity contribution in [2.24, 2.45) is 0 Å². The Balaban J connectivity index is 1.75. The van der Waals surface area contributed by atoms with Crippen molar-refractivity contribution in [1.29, 1.82) is 0 Å². The summed E-state index contributed by atoms with van der Waals surface area (Å²) in [4.78, 5) is 6.38. The monoisotopic (exact) mass is 325 g/mol. The lowest BCUT2D eigenvalue weighted by Crippen LogP contribution is -2.48. The zero-order chi connectivity index (χ0) is 16.8. The van der Waals surface area contributed by atoms with Crippen LogP contribution in [0.2, 0.25) is 0 Å². The highest BCUT2D eigenvalue weighted by atomic mass is 19.1. The molecule has 1 fully saturated rings. The van der Waals surface area contributed by atoms with Crippen molar-refractivity contribution in [3.63, 3.8) is 0 Å². The first-order valence-electron chi connectivity index (χ1n) is 8.15. The largest absolute Gasteiger partial charge is 0.390 e. The maximum atomic E-state index is 13.7. The minimum absolute atomic E-state index is 0.292. The average Bonchev–Trinajstić information content (AvgIpc) is 2.49. The summed E-state index contributed by atoms with van der Waals surface area (Å²) in [5.74, 6) is -0.397. The third-order valence-electron chi connectivity index (χ3n) is 4.34. The quantitative estimate of drug-likeness (QED) is 0.760. The molecule has 2 atom stereocenters. The van der Waals surface area contributed by atoms with Gasteiger partial charge in [0, 0.05) is 51.4 Å². The van der Waals surface area contributed by atoms with Crippen molar-refractivity contribution in [2.45, 2.75) is 12.2 Å². The van der Waals surface area contributed by atoms with Gasteiger partial charge in [-0.05, 0) is 20.2 Å². The van der Waals surface area contributed by atoms with Crippen LogP contribution in [-0.2, 0) is 0 Å². The van der Waals surface area contributed by atoms with Gasteiger partial charge >= 0.3 is 0 Å². The Hall–Kier alpha value is -1.05. The van der Waals surface area contributed by atoms with E-state index in [4.69, 9.17) is 0 Å². The summed E-state index contributed by atoms with van der Waals surface area (Å²) in [7, 11) is 3.93. The van der Waals surface area contributed by atoms with Crippen molar-refractivity contribution in [1.82, 2.24) is 14.7 Å². The first-order valence-corrected chi connectivity index (χ1v) is 8.15. The highest BCUT2D eigenvalue weighted by molar-refractivity contribution is 5.19. The first kappa shape index (κ1) is 18.3. The number of piperazine rings is 1. The van der Waals surface area contributed by atoms with Gasteiger partial charge in [-0.3, -0.25) is 4.90 Å². The Morgan fingerprint density at radius 3 is 2.43 bits per heavy atom. The van der Waals surface area contributed by atoms with Crippen LogP contribution in [0.1, 0.15) is 11.7 Å². The van der Waals surface area contributed by atoms with Crippen LogP contribution in [0, 0.1) is 5.82 Å². The molecule has 0 bridgehead atoms. The van der Waals surface area contributed by atoms with E-state index in [2.05, 4.69) is 16.8 Å². The fraction of sp³-hybridized carbons (Fsp3) is 0.647. The van der Waals surface area contributed by atoms with Crippen LogP contribution in [-0.4, -0.2) is 90.9 Å². The third kappa shape index (κ3) is 5.82. The SMILES string of the molecule is CN1CCN(CC(O)CN(C)CC(O)c2ccccc2F)CC1. The number of β-amino-alcohol motifs (C(OH)–C–C–N with tert-alkyl or cyclic N) is 1. The summed E-state index contributed by atoms with van der Waals surface area (Å²) >= 11 is 0. The maximum Gasteiger partial charge on any atom is 0.129 e. The van der Waals surface area contributed by atoms with Gasteiger partial charge in [-0.2, -0.15) is 0 Å². The van der Waals surface area contributed by atoms with E-state index in [0.717, 1.165) is 26.2 Å². The van der Waals surface area contributed by atoms with Crippen molar-refractivity contribution < 1.29 is 14.6 Å². The van der Waals surface area contributed by atoms with Gasteiger partial charge in [0.25, 0.3) is 0 Å². The fourth-order valence-electron chi connectivity index (χ4n) is 2.96. The van der Waals surface area contributed by atoms with Crippen LogP contribution in [0.15, 0.2) is 24.3 Å². The molecule has 1 aliphatic heterocycles. The number of nitrogens with zero attached hydrogens (tertiary/aromatic N) is 3. The fourth-order valence-corrected chi connectivity index (χ4v) is 2.96. The summed E-state index contributed by atoms with van der Waals surface area (Å²) in [6, 6.07) is 6.26. The van der Waals surface area contributed by atoms with Crippen molar-refractivity contribution in [3.8, 4) is 0 Å². The molecule has 0 saturated carbocycles. The molecular formula is C17H28FN3O2. The second kappa shape index (κ2) is 8.70. The molecular weight excluding hydrogens is 297 g/mol. The van der Waals surface area contributed by atoms with Gasteiger partial charge in [-0.1, -0.05) is 18.2 Å². The number of rotatable bonds is 7. The third-order valence-corrected chi connectivity index (χ3v) is 4.34. The zero-order valence-corrected chi connectivity index (χ0v) is 14.0. The number of likely N-dealkylation sites (N-methyl/N-ethyl adjacent to an activating group) is 2. The average molecular weight is 325 g/mol. The minimum atomic E-state index is -0.892. The normalized spacial score (nSPS) is 19.9. The number of aliphatic hydroxyl groups is 2. The lowest BCUT2D eigenvalue weighted by atomic mass is 10.1. The molecule has 6 heteroatoms. The molecule has 1 aliphatic rings. The second-order valence-corrected chi connectivity index (χ2v) is 6.52. The van der Waals surface area contributed by atoms with E-state index in [1.807, 2.05) is 11.9 Å². The summed E-state index contributed by atoms with van der Waals surface area (Å²) in [6.07, 6.45) is -1.37. The molecule has 1 aromatic rings. The van der Waals surface area contributed by atoms with Crippen LogP contribution in [0.5, 0.6) is 0 Å². The van der Waals surface area contributed by atoms with Crippen LogP contribution >= 0.6 is 0 Å². The molecule has 2 N–H and O–H groups in total. The molecule has 1 heterocycles. The van der Waals surface area contributed by atoms with E-state index in [9.17, 15) is 14.6 Å². The number of benzene rings is 1. The molecule has 130 valence electrons. The van der Waals surface area contributed by atoms with Crippen LogP contribution < -0.4 is 0 Å². The van der Waals surface area contributed by atoms with E-state index >= 15 is 0 Å². The molecule has 2 rings (SSSR count). The lowest BCUT2D eigenvalue weighted by Gasteiger charge is -2.34. The standard InChI is InChI=1S/C17H28FN3O2/c1-19-7-9-21(10-8-19)12-14(22)11-20(2)13-17(23)15-5-3-4-6-16(15)18/h3-6,14,17,22-23H,7-13H2,1-2H3. The van der Waals surface area contributed by atoms with Gasteiger partial charge in [-0.15, -0.1) is 0 Å². The van der Waals surface area contributed by atoms with Crippen LogP contribution in [0.25, 0.3) is 0 Å². The van der Waals surface area contributed by atoms with Crippen molar-refractivity contribution in [2.75, 3.05) is 59.9 Å². The van der Waals surface area contributed by atoms with Gasteiger partial charge in [0.15, 0.2) is 0 Å². The van der Waals surface area contributed by atoms with Crippen LogP contribution in [0.4, 0.5) is 4.39 Å². The van der Waals surface area contributed by atoms with Crippen LogP contribution in [0.3, 0.4) is 0 Å². The smallest absolute Gasteiger partial charge is 0.129 e. The Kier molecular flexibility index (Phi) is 6.92. The molecule has 0 aliphatic carbocycles. The minimum Gasteiger partial charge on any atom is -0.390 e. The van der Waals surface area contributed by atoms with Gasteiger partial charge in [0.2, 0.25) is 0 Å². The number of hydrogen-bond acceptors (Lipinski definition) is 5. The van der Waals surface area contributed by atoms with E-state index in [1.54, 1.807) is 18.2 Å². The predicted octanol–water partition coefficient (Wildman–Crippen LogP) is 0.399. The Bertz CT molecular complexity index is 481. The molecule has 0 aromatic heterocycles. The summed E-state index contributed by atoms with van der Waals surface area (Å²) < 4.78 is 13.7. The van der Waals surface area contributed by atoms with Crippen molar-refractivity contribution in [3.05, 3.63) is 35.6 Å². The van der Waals surface area contributed by atoms with Gasteiger partial charge < -0.3 is 20.0 Å². The molecule has 23 heavy (non-hydrogen) atoms. The summed E-state index contributed by atoms with van der Waals surface area (Å²) in [6.45, 7) is 5.36. The topological polar surface area (TPSA) is 50.2 Å². The Labute approximate surface area is 137 Å². The molecule has 0 spiro atoms. The number of hydrogen-bond donors (Lipinski definition) is 2. The number of halogens is 1. The molecule has 0 radical (unpaired) electrons. The maximum absolute atomic E-state index is 13.7. The highest BCUT2D eigenvalue weighted by Crippen LogP contribution is 2.17. The second-order valence-electron chi connectivity index (χ2n) is 6.52. The first-order chi connectivity index (χ1) is 11.0. The molecule has 1 aromatic carbocycles. The zero-order valence-electron chi connectivity index (χ0n) is 14.0. The van der Waals surface area contributed by atoms with E-state index in [1.165, 1.54) is 6.07 Å². The van der Waals surface area contributed by atoms with Gasteiger partial charge in [-0.25, -0.2) is 4.39 Å². The Morgan fingerprint density at radius 1 is 1.13 bits per heavy atom. The molecule has 0 amide bonds. The predicted molar refractivity (Wildman–Crippen MR) is 88.8 cm³/mol. The van der Waals surface area contributed by atoms with E-state index in [0.29, 0.717) is 25.2 Å². The molecule has 1 saturated heterocycles. The summed E-state index contributed by atoms with van der Waals surface area (Å²) in [5, 5.41) is 20.4. The lowest BCUT2D eigenvalue weighted by molar-refractivity contribution is 0.0468. The Morgan fingerprint density at radius 2 is 1.78 bits per heavy atom. The van der Waals surface area contributed by atoms with E-state index in [-0.39, 0.29) is 0 Å².